The monoisotopic (exact) mass is 522 g/mol. The van der Waals surface area contributed by atoms with Crippen LogP contribution in [-0.4, -0.2) is 83.5 Å². The van der Waals surface area contributed by atoms with E-state index in [9.17, 15) is 14.7 Å². The van der Waals surface area contributed by atoms with Gasteiger partial charge < -0.3 is 29.1 Å². The minimum absolute atomic E-state index is 0.0161. The third-order valence-corrected chi connectivity index (χ3v) is 7.02. The molecule has 1 atom stereocenters. The van der Waals surface area contributed by atoms with Crippen molar-refractivity contribution in [1.29, 1.82) is 0 Å². The molecule has 0 saturated carbocycles. The highest BCUT2D eigenvalue weighted by Gasteiger charge is 2.47. The van der Waals surface area contributed by atoms with Crippen LogP contribution < -0.4 is 14.2 Å². The van der Waals surface area contributed by atoms with Crippen LogP contribution in [0.3, 0.4) is 0 Å². The number of imidazole rings is 1. The second-order valence-electron chi connectivity index (χ2n) is 8.95. The first-order valence-corrected chi connectivity index (χ1v) is 12.6. The van der Waals surface area contributed by atoms with E-state index in [0.717, 1.165) is 13.1 Å². The number of hydrogen-bond donors (Lipinski definition) is 1. The Labute approximate surface area is 222 Å². The summed E-state index contributed by atoms with van der Waals surface area (Å²) in [6, 6.07) is 7.99. The number of likely N-dealkylation sites (tertiary alicyclic amines) is 1. The summed E-state index contributed by atoms with van der Waals surface area (Å²) in [5, 5.41) is 11.7. The Kier molecular flexibility index (Phi) is 7.91. The van der Waals surface area contributed by atoms with Crippen LogP contribution in [0.2, 0.25) is 0 Å². The lowest BCUT2D eigenvalue weighted by Crippen LogP contribution is -2.38. The van der Waals surface area contributed by atoms with E-state index in [4.69, 9.17) is 14.2 Å². The average molecular weight is 523 g/mol. The molecular formula is C28H34N4O6. The number of rotatable bonds is 10. The smallest absolute Gasteiger partial charge is 0.295 e. The number of aromatic nitrogens is 2. The fourth-order valence-corrected chi connectivity index (χ4v) is 5.03. The second-order valence-corrected chi connectivity index (χ2v) is 8.95. The molecule has 1 amide bonds. The molecule has 3 aromatic rings. The number of benzene rings is 1. The first-order chi connectivity index (χ1) is 18.3. The van der Waals surface area contributed by atoms with Gasteiger partial charge in [0.05, 0.1) is 38.6 Å². The normalized spacial score (nSPS) is 17.0. The van der Waals surface area contributed by atoms with Crippen molar-refractivity contribution < 1.29 is 28.9 Å². The van der Waals surface area contributed by atoms with Crippen LogP contribution in [0, 0.1) is 6.92 Å². The van der Waals surface area contributed by atoms with Crippen LogP contribution in [0.4, 0.5) is 0 Å². The summed E-state index contributed by atoms with van der Waals surface area (Å²) in [6.45, 7) is 8.30. The number of aliphatic hydroxyl groups excluding tert-OH is 1. The van der Waals surface area contributed by atoms with Crippen molar-refractivity contribution in [2.45, 2.75) is 26.8 Å². The number of aliphatic hydroxyl groups is 1. The summed E-state index contributed by atoms with van der Waals surface area (Å²) < 4.78 is 18.3. The fourth-order valence-electron chi connectivity index (χ4n) is 5.03. The number of carbonyl (C=O) groups excluding carboxylic acids is 2. The molecule has 1 saturated heterocycles. The lowest BCUT2D eigenvalue weighted by Gasteiger charge is -2.29. The molecular weight excluding hydrogens is 488 g/mol. The van der Waals surface area contributed by atoms with Crippen LogP contribution in [0.15, 0.2) is 42.1 Å². The molecule has 0 bridgehead atoms. The number of Topliss-reactive ketones (excluding diaryl/α,β-unsaturated/α-hetero) is 1. The SMILES string of the molecule is CCN(CC)CCN1C(=O)C(=O)C(=C(O)c2c(C)nc3ccccn23)[C@@H]1c1cc(OC)c(OC)c(OC)c1. The lowest BCUT2D eigenvalue weighted by molar-refractivity contribution is -0.140. The molecule has 1 fully saturated rings. The number of carbonyl (C=O) groups is 2. The summed E-state index contributed by atoms with van der Waals surface area (Å²) >= 11 is 0. The van der Waals surface area contributed by atoms with Crippen molar-refractivity contribution in [3.05, 3.63) is 59.1 Å². The number of ether oxygens (including phenoxy) is 3. The molecule has 2 aromatic heterocycles. The number of fused-ring (bicyclic) bond motifs is 1. The molecule has 1 aromatic carbocycles. The number of ketones is 1. The predicted octanol–water partition coefficient (Wildman–Crippen LogP) is 3.43. The van der Waals surface area contributed by atoms with Crippen LogP contribution in [0.1, 0.15) is 36.8 Å². The van der Waals surface area contributed by atoms with Crippen molar-refractivity contribution in [2.24, 2.45) is 0 Å². The van der Waals surface area contributed by atoms with E-state index in [1.54, 1.807) is 29.7 Å². The topological polar surface area (TPSA) is 106 Å². The van der Waals surface area contributed by atoms with E-state index in [1.807, 2.05) is 32.0 Å². The Morgan fingerprint density at radius 2 is 1.71 bits per heavy atom. The van der Waals surface area contributed by atoms with Crippen molar-refractivity contribution in [2.75, 3.05) is 47.5 Å². The van der Waals surface area contributed by atoms with E-state index < -0.39 is 17.7 Å². The van der Waals surface area contributed by atoms with Crippen LogP contribution in [-0.2, 0) is 9.59 Å². The third-order valence-electron chi connectivity index (χ3n) is 7.02. The van der Waals surface area contributed by atoms with Gasteiger partial charge in [0.25, 0.3) is 11.7 Å². The predicted molar refractivity (Wildman–Crippen MR) is 143 cm³/mol. The third kappa shape index (κ3) is 4.56. The van der Waals surface area contributed by atoms with Gasteiger partial charge in [-0.1, -0.05) is 19.9 Å². The molecule has 0 unspecified atom stereocenters. The molecule has 10 heteroatoms. The van der Waals surface area contributed by atoms with Crippen molar-refractivity contribution in [1.82, 2.24) is 19.2 Å². The Bertz CT molecular complexity index is 1370. The number of methoxy groups -OCH3 is 3. The zero-order chi connectivity index (χ0) is 27.6. The Morgan fingerprint density at radius 1 is 1.05 bits per heavy atom. The van der Waals surface area contributed by atoms with Crippen molar-refractivity contribution in [3.63, 3.8) is 0 Å². The molecule has 202 valence electrons. The van der Waals surface area contributed by atoms with Gasteiger partial charge in [0.2, 0.25) is 5.75 Å². The molecule has 0 aliphatic carbocycles. The minimum Gasteiger partial charge on any atom is -0.505 e. The maximum absolute atomic E-state index is 13.6. The van der Waals surface area contributed by atoms with Crippen molar-refractivity contribution in [3.8, 4) is 17.2 Å². The summed E-state index contributed by atoms with van der Waals surface area (Å²) in [6.07, 6.45) is 1.76. The molecule has 0 radical (unpaired) electrons. The number of amides is 1. The highest BCUT2D eigenvalue weighted by Crippen LogP contribution is 2.45. The molecule has 10 nitrogen and oxygen atoms in total. The number of pyridine rings is 1. The van der Waals surface area contributed by atoms with Crippen LogP contribution >= 0.6 is 0 Å². The van der Waals surface area contributed by atoms with Crippen molar-refractivity contribution >= 4 is 23.1 Å². The number of hydrogen-bond acceptors (Lipinski definition) is 8. The molecule has 0 spiro atoms. The van der Waals surface area contributed by atoms with E-state index in [-0.39, 0.29) is 17.9 Å². The Morgan fingerprint density at radius 3 is 2.29 bits per heavy atom. The molecule has 4 rings (SSSR count). The van der Waals surface area contributed by atoms with Gasteiger partial charge in [-0.15, -0.1) is 0 Å². The number of nitrogens with zero attached hydrogens (tertiary/aromatic N) is 4. The van der Waals surface area contributed by atoms with E-state index in [1.165, 1.54) is 26.2 Å². The highest BCUT2D eigenvalue weighted by atomic mass is 16.5. The quantitative estimate of drug-likeness (QED) is 0.245. The summed E-state index contributed by atoms with van der Waals surface area (Å²) in [5.41, 5.74) is 2.04. The molecule has 1 N–H and O–H groups in total. The first kappa shape index (κ1) is 27.0. The van der Waals surface area contributed by atoms with Crippen LogP contribution in [0.5, 0.6) is 17.2 Å². The van der Waals surface area contributed by atoms with Gasteiger partial charge in [-0.2, -0.15) is 0 Å². The Hall–Kier alpha value is -4.05. The highest BCUT2D eigenvalue weighted by molar-refractivity contribution is 6.46. The zero-order valence-corrected chi connectivity index (χ0v) is 22.6. The van der Waals surface area contributed by atoms with Crippen LogP contribution in [0.25, 0.3) is 11.4 Å². The lowest BCUT2D eigenvalue weighted by atomic mass is 9.95. The fraction of sp³-hybridized carbons (Fsp3) is 0.393. The van der Waals surface area contributed by atoms with Gasteiger partial charge in [0, 0.05) is 19.3 Å². The van der Waals surface area contributed by atoms with Gasteiger partial charge >= 0.3 is 0 Å². The number of aryl methyl sites for hydroxylation is 1. The first-order valence-electron chi connectivity index (χ1n) is 12.6. The van der Waals surface area contributed by atoms with Gasteiger partial charge in [0.1, 0.15) is 11.3 Å². The van der Waals surface area contributed by atoms with Gasteiger partial charge in [0.15, 0.2) is 17.3 Å². The maximum atomic E-state index is 13.6. The molecule has 38 heavy (non-hydrogen) atoms. The largest absolute Gasteiger partial charge is 0.505 e. The second kappa shape index (κ2) is 11.1. The molecule has 3 heterocycles. The Balaban J connectivity index is 1.96. The molecule has 1 aliphatic rings. The van der Waals surface area contributed by atoms with E-state index in [0.29, 0.717) is 46.4 Å². The van der Waals surface area contributed by atoms with Gasteiger partial charge in [-0.05, 0) is 49.8 Å². The van der Waals surface area contributed by atoms with Gasteiger partial charge in [-0.25, -0.2) is 4.98 Å². The van der Waals surface area contributed by atoms with E-state index in [2.05, 4.69) is 9.88 Å². The molecule has 1 aliphatic heterocycles. The minimum atomic E-state index is -0.882. The average Bonchev–Trinajstić information content (AvgIpc) is 3.40. The number of likely N-dealkylation sites (N-methyl/N-ethyl adjacent to an activating group) is 1. The standard InChI is InChI=1S/C28H34N4O6/c1-7-30(8-2)13-14-32-24(18-15-19(36-4)27(38-6)20(16-18)37-5)22(26(34)28(32)35)25(33)23-17(3)29-21-11-9-10-12-31(21)23/h9-12,15-16,24,33H,7-8,13-14H2,1-6H3/t24-/m0/s1. The summed E-state index contributed by atoms with van der Waals surface area (Å²) in [7, 11) is 4.50. The van der Waals surface area contributed by atoms with Gasteiger partial charge in [-0.3, -0.25) is 14.0 Å². The summed E-state index contributed by atoms with van der Waals surface area (Å²) in [5.74, 6) is -0.584. The summed E-state index contributed by atoms with van der Waals surface area (Å²) in [4.78, 5) is 35.2. The maximum Gasteiger partial charge on any atom is 0.295 e. The zero-order valence-electron chi connectivity index (χ0n) is 22.6. The van der Waals surface area contributed by atoms with E-state index >= 15 is 0 Å².